The minimum absolute atomic E-state index is 0.174. The first kappa shape index (κ1) is 16.9. The van der Waals surface area contributed by atoms with E-state index in [4.69, 9.17) is 4.74 Å². The third kappa shape index (κ3) is 6.30. The van der Waals surface area contributed by atoms with E-state index in [1.807, 2.05) is 19.9 Å². The maximum absolute atomic E-state index is 12.1. The van der Waals surface area contributed by atoms with Crippen LogP contribution in [-0.2, 0) is 11.3 Å². The molecule has 0 spiro atoms. The molecule has 0 radical (unpaired) electrons. The lowest BCUT2D eigenvalue weighted by molar-refractivity contribution is -0.0500. The largest absolute Gasteiger partial charge is 0.435 e. The topological polar surface area (TPSA) is 30.5 Å². The molecule has 114 valence electrons. The van der Waals surface area contributed by atoms with E-state index in [0.717, 1.165) is 31.5 Å². The molecule has 0 saturated carbocycles. The molecule has 0 aliphatic carbocycles. The summed E-state index contributed by atoms with van der Waals surface area (Å²) in [7, 11) is 0. The van der Waals surface area contributed by atoms with E-state index >= 15 is 0 Å². The van der Waals surface area contributed by atoms with Crippen LogP contribution in [0.3, 0.4) is 0 Å². The Morgan fingerprint density at radius 2 is 2.15 bits per heavy atom. The molecule has 1 fully saturated rings. The molecule has 1 aliphatic rings. The van der Waals surface area contributed by atoms with Gasteiger partial charge in [-0.15, -0.1) is 0 Å². The number of alkyl halides is 2. The highest BCUT2D eigenvalue weighted by molar-refractivity contribution is 5.28. The summed E-state index contributed by atoms with van der Waals surface area (Å²) in [5, 5.41) is 3.26. The summed E-state index contributed by atoms with van der Waals surface area (Å²) in [6, 6.07) is 6.63. The number of piperidine rings is 1. The Labute approximate surface area is 119 Å². The molecular formula is C15H23F2NO2. The summed E-state index contributed by atoms with van der Waals surface area (Å²) in [5.74, 6) is 0.174. The fourth-order valence-electron chi connectivity index (χ4n) is 1.99. The average molecular weight is 287 g/mol. The molecule has 1 aliphatic heterocycles. The van der Waals surface area contributed by atoms with E-state index in [1.165, 1.54) is 6.07 Å². The molecule has 3 nitrogen and oxygen atoms in total. The van der Waals surface area contributed by atoms with E-state index in [1.54, 1.807) is 12.1 Å². The monoisotopic (exact) mass is 287 g/mol. The highest BCUT2D eigenvalue weighted by atomic mass is 19.3. The molecule has 5 heteroatoms. The van der Waals surface area contributed by atoms with Crippen LogP contribution in [0.4, 0.5) is 8.78 Å². The quantitative estimate of drug-likeness (QED) is 0.898. The van der Waals surface area contributed by atoms with Gasteiger partial charge in [-0.05, 0) is 37.1 Å². The Morgan fingerprint density at radius 1 is 1.35 bits per heavy atom. The van der Waals surface area contributed by atoms with Crippen molar-refractivity contribution in [3.63, 3.8) is 0 Å². The first-order valence-corrected chi connectivity index (χ1v) is 7.10. The minimum Gasteiger partial charge on any atom is -0.435 e. The van der Waals surface area contributed by atoms with E-state index in [9.17, 15) is 8.78 Å². The number of hydrogen-bond acceptors (Lipinski definition) is 3. The number of hydrogen-bond donors (Lipinski definition) is 1. The van der Waals surface area contributed by atoms with Crippen molar-refractivity contribution in [1.82, 2.24) is 5.32 Å². The van der Waals surface area contributed by atoms with E-state index < -0.39 is 6.61 Å². The molecule has 1 atom stereocenters. The lowest BCUT2D eigenvalue weighted by Crippen LogP contribution is -2.35. The van der Waals surface area contributed by atoms with Gasteiger partial charge >= 0.3 is 6.61 Å². The molecule has 1 saturated heterocycles. The summed E-state index contributed by atoms with van der Waals surface area (Å²) >= 11 is 0. The minimum atomic E-state index is -2.79. The van der Waals surface area contributed by atoms with Gasteiger partial charge in [-0.2, -0.15) is 8.78 Å². The maximum Gasteiger partial charge on any atom is 0.387 e. The first-order valence-electron chi connectivity index (χ1n) is 7.10. The van der Waals surface area contributed by atoms with E-state index in [-0.39, 0.29) is 11.9 Å². The maximum atomic E-state index is 12.1. The molecule has 1 N–H and O–H groups in total. The van der Waals surface area contributed by atoms with Crippen molar-refractivity contribution < 1.29 is 18.3 Å². The number of benzene rings is 1. The van der Waals surface area contributed by atoms with Crippen LogP contribution in [0.2, 0.25) is 0 Å². The number of ether oxygens (including phenoxy) is 2. The molecule has 2 rings (SSSR count). The standard InChI is InChI=1S/C13H17F2NO2.C2H6/c14-13(15)18-11-4-1-3-10(7-11)9-17-12-5-2-6-16-8-12;1-2/h1,3-4,7,12-13,16H,2,5-6,8-9H2;1-2H3/t12-;/m0./s1. The summed E-state index contributed by atoms with van der Waals surface area (Å²) in [5.41, 5.74) is 0.846. The average Bonchev–Trinajstić information content (AvgIpc) is 2.48. The fourth-order valence-corrected chi connectivity index (χ4v) is 1.99. The molecule has 0 bridgehead atoms. The zero-order valence-corrected chi connectivity index (χ0v) is 12.1. The van der Waals surface area contributed by atoms with Crippen LogP contribution in [0.5, 0.6) is 5.75 Å². The van der Waals surface area contributed by atoms with Gasteiger partial charge in [0.15, 0.2) is 0 Å². The number of halogens is 2. The highest BCUT2D eigenvalue weighted by Crippen LogP contribution is 2.17. The van der Waals surface area contributed by atoms with E-state index in [0.29, 0.717) is 6.61 Å². The van der Waals surface area contributed by atoms with Gasteiger partial charge in [0.1, 0.15) is 5.75 Å². The van der Waals surface area contributed by atoms with Crippen LogP contribution in [0, 0.1) is 0 Å². The van der Waals surface area contributed by atoms with Gasteiger partial charge in [0.2, 0.25) is 0 Å². The first-order chi connectivity index (χ1) is 9.74. The number of nitrogens with one attached hydrogen (secondary N) is 1. The van der Waals surface area contributed by atoms with Gasteiger partial charge in [-0.25, -0.2) is 0 Å². The van der Waals surface area contributed by atoms with Gasteiger partial charge in [0.25, 0.3) is 0 Å². The smallest absolute Gasteiger partial charge is 0.387 e. The predicted molar refractivity (Wildman–Crippen MR) is 75.1 cm³/mol. The third-order valence-corrected chi connectivity index (χ3v) is 2.86. The third-order valence-electron chi connectivity index (χ3n) is 2.86. The summed E-state index contributed by atoms with van der Waals surface area (Å²) in [4.78, 5) is 0. The fraction of sp³-hybridized carbons (Fsp3) is 0.600. The van der Waals surface area contributed by atoms with Crippen LogP contribution >= 0.6 is 0 Å². The Bertz CT molecular complexity index is 369. The van der Waals surface area contributed by atoms with Crippen molar-refractivity contribution in [1.29, 1.82) is 0 Å². The molecular weight excluding hydrogens is 264 g/mol. The van der Waals surface area contributed by atoms with Crippen LogP contribution in [-0.4, -0.2) is 25.8 Å². The van der Waals surface area contributed by atoms with Crippen LogP contribution in [0.1, 0.15) is 32.3 Å². The zero-order valence-electron chi connectivity index (χ0n) is 12.1. The second-order valence-corrected chi connectivity index (χ2v) is 4.31. The van der Waals surface area contributed by atoms with Gasteiger partial charge in [-0.3, -0.25) is 0 Å². The molecule has 0 amide bonds. The van der Waals surface area contributed by atoms with Gasteiger partial charge in [0, 0.05) is 6.54 Å². The second-order valence-electron chi connectivity index (χ2n) is 4.31. The Morgan fingerprint density at radius 3 is 2.80 bits per heavy atom. The van der Waals surface area contributed by atoms with Crippen molar-refractivity contribution in [3.05, 3.63) is 29.8 Å². The Kier molecular flexibility index (Phi) is 8.14. The molecule has 20 heavy (non-hydrogen) atoms. The Balaban J connectivity index is 0.000000956. The molecule has 0 unspecified atom stereocenters. The van der Waals surface area contributed by atoms with Crippen molar-refractivity contribution in [3.8, 4) is 5.75 Å². The summed E-state index contributed by atoms with van der Waals surface area (Å²) in [6.07, 6.45) is 2.36. The highest BCUT2D eigenvalue weighted by Gasteiger charge is 2.13. The van der Waals surface area contributed by atoms with Crippen LogP contribution in [0.15, 0.2) is 24.3 Å². The summed E-state index contributed by atoms with van der Waals surface area (Å²) in [6.45, 7) is 3.53. The zero-order chi connectivity index (χ0) is 14.8. The van der Waals surface area contributed by atoms with Crippen LogP contribution in [0.25, 0.3) is 0 Å². The summed E-state index contributed by atoms with van der Waals surface area (Å²) < 4.78 is 34.2. The molecule has 0 aromatic heterocycles. The van der Waals surface area contributed by atoms with Crippen LogP contribution < -0.4 is 10.1 Å². The molecule has 1 heterocycles. The molecule has 1 aromatic rings. The lowest BCUT2D eigenvalue weighted by atomic mass is 10.1. The predicted octanol–water partition coefficient (Wildman–Crippen LogP) is 3.58. The van der Waals surface area contributed by atoms with Gasteiger partial charge in [0.05, 0.1) is 12.7 Å². The second kappa shape index (κ2) is 9.66. The SMILES string of the molecule is CC.FC(F)Oc1cccc(CO[C@H]2CCCNC2)c1. The van der Waals surface area contributed by atoms with Crippen molar-refractivity contribution >= 4 is 0 Å². The van der Waals surface area contributed by atoms with Crippen molar-refractivity contribution in [2.75, 3.05) is 13.1 Å². The van der Waals surface area contributed by atoms with Gasteiger partial charge < -0.3 is 14.8 Å². The van der Waals surface area contributed by atoms with Crippen molar-refractivity contribution in [2.24, 2.45) is 0 Å². The number of rotatable bonds is 5. The van der Waals surface area contributed by atoms with E-state index in [2.05, 4.69) is 10.1 Å². The lowest BCUT2D eigenvalue weighted by Gasteiger charge is -2.23. The van der Waals surface area contributed by atoms with Crippen molar-refractivity contribution in [2.45, 2.75) is 46.0 Å². The molecule has 1 aromatic carbocycles. The normalized spacial score (nSPS) is 18.4. The van der Waals surface area contributed by atoms with Gasteiger partial charge in [-0.1, -0.05) is 26.0 Å². The Hall–Kier alpha value is -1.20.